The van der Waals surface area contributed by atoms with E-state index < -0.39 is 5.82 Å². The van der Waals surface area contributed by atoms with E-state index in [4.69, 9.17) is 9.84 Å². The van der Waals surface area contributed by atoms with Gasteiger partial charge in [0, 0.05) is 22.5 Å². The van der Waals surface area contributed by atoms with E-state index in [1.165, 1.54) is 18.2 Å². The Hall–Kier alpha value is -3.80. The van der Waals surface area contributed by atoms with E-state index in [0.717, 1.165) is 27.9 Å². The molecule has 0 aliphatic carbocycles. The third-order valence-electron chi connectivity index (χ3n) is 4.92. The van der Waals surface area contributed by atoms with E-state index in [1.54, 1.807) is 36.2 Å². The second-order valence-corrected chi connectivity index (χ2v) is 6.62. The summed E-state index contributed by atoms with van der Waals surface area (Å²) >= 11 is 0. The van der Waals surface area contributed by atoms with Crippen LogP contribution >= 0.6 is 0 Å². The zero-order valence-electron chi connectivity index (χ0n) is 15.4. The lowest BCUT2D eigenvalue weighted by Crippen LogP contribution is -1.98. The van der Waals surface area contributed by atoms with Crippen molar-refractivity contribution in [2.45, 2.75) is 0 Å². The normalized spacial score (nSPS) is 11.3. The Kier molecular flexibility index (Phi) is 3.98. The molecule has 0 spiro atoms. The van der Waals surface area contributed by atoms with Crippen molar-refractivity contribution in [3.63, 3.8) is 0 Å². The quantitative estimate of drug-likeness (QED) is 0.409. The molecule has 0 radical (unpaired) electrons. The van der Waals surface area contributed by atoms with Gasteiger partial charge in [-0.25, -0.2) is 13.5 Å². The highest BCUT2D eigenvalue weighted by Crippen LogP contribution is 2.34. The minimum Gasteiger partial charge on any atom is -0.497 e. The van der Waals surface area contributed by atoms with Crippen molar-refractivity contribution >= 4 is 21.8 Å². The van der Waals surface area contributed by atoms with Gasteiger partial charge in [-0.15, -0.1) is 0 Å². The number of hydrogen-bond donors (Lipinski definition) is 0. The van der Waals surface area contributed by atoms with Crippen LogP contribution in [0, 0.1) is 11.6 Å². The molecule has 0 unspecified atom stereocenters. The van der Waals surface area contributed by atoms with Crippen LogP contribution in [0.4, 0.5) is 8.78 Å². The van der Waals surface area contributed by atoms with Crippen LogP contribution in [0.5, 0.6) is 5.75 Å². The van der Waals surface area contributed by atoms with E-state index in [0.29, 0.717) is 11.1 Å². The summed E-state index contributed by atoms with van der Waals surface area (Å²) in [5, 5.41) is 6.19. The molecule has 0 aliphatic heterocycles. The van der Waals surface area contributed by atoms with E-state index in [1.807, 2.05) is 30.3 Å². The molecule has 29 heavy (non-hydrogen) atoms. The molecule has 0 N–H and O–H groups in total. The lowest BCUT2D eigenvalue weighted by Gasteiger charge is -2.07. The second kappa shape index (κ2) is 6.67. The number of methoxy groups -OCH3 is 1. The SMILES string of the molecule is COc1ccc(-n2nc(-c3ccc(F)cc3)c3cnc4c(F)cccc4c32)cc1. The molecule has 0 bridgehead atoms. The highest BCUT2D eigenvalue weighted by Gasteiger charge is 2.18. The molecule has 0 saturated heterocycles. The van der Waals surface area contributed by atoms with Crippen LogP contribution in [0.3, 0.4) is 0 Å². The monoisotopic (exact) mass is 387 g/mol. The standard InChI is InChI=1S/C23H15F2N3O/c1-29-17-11-9-16(10-12-17)28-23-18-3-2-4-20(25)22(18)26-13-19(23)21(27-28)14-5-7-15(24)8-6-14/h2-13H,1H3. The van der Waals surface area contributed by atoms with Gasteiger partial charge < -0.3 is 4.74 Å². The summed E-state index contributed by atoms with van der Waals surface area (Å²) in [5.41, 5.74) is 3.20. The van der Waals surface area contributed by atoms with Gasteiger partial charge in [0.2, 0.25) is 0 Å². The molecule has 2 heterocycles. The molecular weight excluding hydrogens is 372 g/mol. The number of rotatable bonds is 3. The second-order valence-electron chi connectivity index (χ2n) is 6.62. The van der Waals surface area contributed by atoms with Crippen LogP contribution in [-0.4, -0.2) is 21.9 Å². The van der Waals surface area contributed by atoms with E-state index in [-0.39, 0.29) is 11.3 Å². The largest absolute Gasteiger partial charge is 0.497 e. The van der Waals surface area contributed by atoms with Crippen LogP contribution in [-0.2, 0) is 0 Å². The number of hydrogen-bond acceptors (Lipinski definition) is 3. The van der Waals surface area contributed by atoms with Crippen LogP contribution in [0.1, 0.15) is 0 Å². The number of fused-ring (bicyclic) bond motifs is 3. The third kappa shape index (κ3) is 2.81. The highest BCUT2D eigenvalue weighted by atomic mass is 19.1. The van der Waals surface area contributed by atoms with Crippen molar-refractivity contribution in [1.29, 1.82) is 0 Å². The Morgan fingerprint density at radius 2 is 1.62 bits per heavy atom. The highest BCUT2D eigenvalue weighted by molar-refractivity contribution is 6.08. The Labute approximate surface area is 165 Å². The minimum absolute atomic E-state index is 0.278. The minimum atomic E-state index is -0.393. The molecule has 0 atom stereocenters. The maximum Gasteiger partial charge on any atom is 0.149 e. The van der Waals surface area contributed by atoms with Crippen molar-refractivity contribution < 1.29 is 13.5 Å². The molecule has 5 aromatic rings. The van der Waals surface area contributed by atoms with Crippen molar-refractivity contribution in [2.75, 3.05) is 7.11 Å². The number of nitrogens with zero attached hydrogens (tertiary/aromatic N) is 3. The Morgan fingerprint density at radius 3 is 2.34 bits per heavy atom. The van der Waals surface area contributed by atoms with Crippen molar-refractivity contribution in [1.82, 2.24) is 14.8 Å². The number of benzene rings is 3. The van der Waals surface area contributed by atoms with E-state index in [9.17, 15) is 8.78 Å². The summed E-state index contributed by atoms with van der Waals surface area (Å²) in [6, 6.07) is 18.4. The number of aromatic nitrogens is 3. The first-order valence-electron chi connectivity index (χ1n) is 9.02. The first-order chi connectivity index (χ1) is 14.2. The smallest absolute Gasteiger partial charge is 0.149 e. The van der Waals surface area contributed by atoms with Crippen molar-refractivity contribution in [3.05, 3.63) is 84.6 Å². The molecule has 5 rings (SSSR count). The van der Waals surface area contributed by atoms with Crippen molar-refractivity contribution in [2.24, 2.45) is 0 Å². The van der Waals surface area contributed by atoms with Crippen molar-refractivity contribution in [3.8, 4) is 22.7 Å². The number of pyridine rings is 1. The molecule has 6 heteroatoms. The predicted octanol–water partition coefficient (Wildman–Crippen LogP) is 5.53. The summed E-state index contributed by atoms with van der Waals surface area (Å²) in [4.78, 5) is 4.32. The molecule has 0 aliphatic rings. The van der Waals surface area contributed by atoms with Gasteiger partial charge in [-0.3, -0.25) is 4.98 Å². The molecule has 0 saturated carbocycles. The summed E-state index contributed by atoms with van der Waals surface area (Å²) in [6.07, 6.45) is 1.62. The molecule has 0 fully saturated rings. The summed E-state index contributed by atoms with van der Waals surface area (Å²) in [7, 11) is 1.60. The molecule has 0 amide bonds. The number of ether oxygens (including phenoxy) is 1. The molecule has 142 valence electrons. The first kappa shape index (κ1) is 17.3. The predicted molar refractivity (Wildman–Crippen MR) is 108 cm³/mol. The number of halogens is 2. The molecule has 4 nitrogen and oxygen atoms in total. The Morgan fingerprint density at radius 1 is 0.862 bits per heavy atom. The molecular formula is C23H15F2N3O. The van der Waals surface area contributed by atoms with Gasteiger partial charge >= 0.3 is 0 Å². The summed E-state index contributed by atoms with van der Waals surface area (Å²) < 4.78 is 34.8. The van der Waals surface area contributed by atoms with Gasteiger partial charge in [0.15, 0.2) is 0 Å². The topological polar surface area (TPSA) is 39.9 Å². The fourth-order valence-corrected chi connectivity index (χ4v) is 3.51. The zero-order chi connectivity index (χ0) is 20.0. The van der Waals surface area contributed by atoms with E-state index >= 15 is 0 Å². The lowest BCUT2D eigenvalue weighted by atomic mass is 10.1. The third-order valence-corrected chi connectivity index (χ3v) is 4.92. The van der Waals surface area contributed by atoms with Crippen LogP contribution in [0.15, 0.2) is 72.9 Å². The van der Waals surface area contributed by atoms with Gasteiger partial charge in [0.1, 0.15) is 28.6 Å². The molecule has 2 aromatic heterocycles. The lowest BCUT2D eigenvalue weighted by molar-refractivity contribution is 0.414. The zero-order valence-corrected chi connectivity index (χ0v) is 15.4. The van der Waals surface area contributed by atoms with Crippen LogP contribution in [0.2, 0.25) is 0 Å². The Balaban J connectivity index is 1.86. The van der Waals surface area contributed by atoms with E-state index in [2.05, 4.69) is 4.98 Å². The summed E-state index contributed by atoms with van der Waals surface area (Å²) in [6.45, 7) is 0. The van der Waals surface area contributed by atoms with Gasteiger partial charge in [-0.2, -0.15) is 5.10 Å². The number of para-hydroxylation sites is 1. The maximum atomic E-state index is 14.4. The maximum absolute atomic E-state index is 14.4. The van der Waals surface area contributed by atoms with Gasteiger partial charge in [0.05, 0.1) is 18.3 Å². The fourth-order valence-electron chi connectivity index (χ4n) is 3.51. The summed E-state index contributed by atoms with van der Waals surface area (Å²) in [5.74, 6) is 0.00930. The Bertz CT molecular complexity index is 1340. The first-order valence-corrected chi connectivity index (χ1v) is 9.02. The van der Waals surface area contributed by atoms with Crippen LogP contribution < -0.4 is 4.74 Å². The average molecular weight is 387 g/mol. The fraction of sp³-hybridized carbons (Fsp3) is 0.0435. The average Bonchev–Trinajstić information content (AvgIpc) is 3.15. The van der Waals surface area contributed by atoms with Gasteiger partial charge in [0.25, 0.3) is 0 Å². The van der Waals surface area contributed by atoms with Gasteiger partial charge in [-0.05, 0) is 54.6 Å². The van der Waals surface area contributed by atoms with Gasteiger partial charge in [-0.1, -0.05) is 12.1 Å². The molecule has 3 aromatic carbocycles. The van der Waals surface area contributed by atoms with Crippen LogP contribution in [0.25, 0.3) is 38.8 Å².